The van der Waals surface area contributed by atoms with Gasteiger partial charge in [-0.2, -0.15) is 0 Å². The standard InChI is InChI=1S/C10H19NO3/c1-4-10(2,14-3)9(13)11-7-5-8(12)6-7/h7-8,12H,4-6H2,1-3H3,(H,11,13). The summed E-state index contributed by atoms with van der Waals surface area (Å²) in [5.74, 6) is -0.0839. The molecule has 82 valence electrons. The van der Waals surface area contributed by atoms with Crippen LogP contribution in [0, 0.1) is 0 Å². The van der Waals surface area contributed by atoms with Crippen LogP contribution in [0.25, 0.3) is 0 Å². The monoisotopic (exact) mass is 201 g/mol. The molecule has 0 aromatic carbocycles. The molecule has 1 aliphatic carbocycles. The number of hydrogen-bond donors (Lipinski definition) is 2. The van der Waals surface area contributed by atoms with Gasteiger partial charge in [0.25, 0.3) is 5.91 Å². The van der Waals surface area contributed by atoms with E-state index in [1.807, 2.05) is 6.92 Å². The van der Waals surface area contributed by atoms with Gasteiger partial charge in [0.2, 0.25) is 0 Å². The molecule has 0 aliphatic heterocycles. The Kier molecular flexibility index (Phi) is 3.50. The molecular weight excluding hydrogens is 182 g/mol. The zero-order valence-corrected chi connectivity index (χ0v) is 9.04. The molecule has 0 radical (unpaired) electrons. The Bertz CT molecular complexity index is 207. The molecule has 1 rings (SSSR count). The lowest BCUT2D eigenvalue weighted by Gasteiger charge is -2.35. The molecule has 4 nitrogen and oxygen atoms in total. The van der Waals surface area contributed by atoms with Gasteiger partial charge in [0.1, 0.15) is 5.60 Å². The van der Waals surface area contributed by atoms with Crippen molar-refractivity contribution in [3.8, 4) is 0 Å². The Labute approximate surface area is 84.6 Å². The lowest BCUT2D eigenvalue weighted by molar-refractivity contribution is -0.144. The van der Waals surface area contributed by atoms with E-state index in [1.54, 1.807) is 14.0 Å². The fourth-order valence-electron chi connectivity index (χ4n) is 1.44. The Morgan fingerprint density at radius 1 is 1.64 bits per heavy atom. The fourth-order valence-corrected chi connectivity index (χ4v) is 1.44. The van der Waals surface area contributed by atoms with Crippen molar-refractivity contribution in [3.63, 3.8) is 0 Å². The highest BCUT2D eigenvalue weighted by atomic mass is 16.5. The summed E-state index contributed by atoms with van der Waals surface area (Å²) >= 11 is 0. The maximum atomic E-state index is 11.7. The van der Waals surface area contributed by atoms with E-state index in [9.17, 15) is 4.79 Å². The summed E-state index contributed by atoms with van der Waals surface area (Å²) in [7, 11) is 1.54. The molecule has 1 saturated carbocycles. The van der Waals surface area contributed by atoms with Gasteiger partial charge in [-0.1, -0.05) is 6.92 Å². The maximum absolute atomic E-state index is 11.7. The van der Waals surface area contributed by atoms with E-state index in [0.717, 1.165) is 0 Å². The van der Waals surface area contributed by atoms with Gasteiger partial charge in [0, 0.05) is 13.2 Å². The predicted octanol–water partition coefficient (Wildman–Crippen LogP) is 0.441. The first-order chi connectivity index (χ1) is 6.51. The zero-order chi connectivity index (χ0) is 10.8. The van der Waals surface area contributed by atoms with Gasteiger partial charge >= 0.3 is 0 Å². The van der Waals surface area contributed by atoms with Crippen LogP contribution < -0.4 is 5.32 Å². The van der Waals surface area contributed by atoms with Gasteiger partial charge in [-0.15, -0.1) is 0 Å². The Balaban J connectivity index is 2.40. The fraction of sp³-hybridized carbons (Fsp3) is 0.900. The van der Waals surface area contributed by atoms with Crippen molar-refractivity contribution in [2.75, 3.05) is 7.11 Å². The van der Waals surface area contributed by atoms with E-state index in [4.69, 9.17) is 9.84 Å². The first kappa shape index (κ1) is 11.5. The number of aliphatic hydroxyl groups excluding tert-OH is 1. The van der Waals surface area contributed by atoms with Crippen LogP contribution in [-0.4, -0.2) is 35.9 Å². The number of amides is 1. The van der Waals surface area contributed by atoms with E-state index < -0.39 is 5.60 Å². The Hall–Kier alpha value is -0.610. The number of rotatable bonds is 4. The average molecular weight is 201 g/mol. The third kappa shape index (κ3) is 2.25. The van der Waals surface area contributed by atoms with Crippen molar-refractivity contribution in [2.24, 2.45) is 0 Å². The van der Waals surface area contributed by atoms with Crippen molar-refractivity contribution in [2.45, 2.75) is 50.9 Å². The van der Waals surface area contributed by atoms with Crippen molar-refractivity contribution in [3.05, 3.63) is 0 Å². The molecule has 1 atom stereocenters. The van der Waals surface area contributed by atoms with Gasteiger partial charge in [-0.05, 0) is 26.2 Å². The van der Waals surface area contributed by atoms with Crippen molar-refractivity contribution in [1.29, 1.82) is 0 Å². The minimum absolute atomic E-state index is 0.0839. The molecule has 0 spiro atoms. The highest BCUT2D eigenvalue weighted by molar-refractivity contribution is 5.85. The van der Waals surface area contributed by atoms with Gasteiger partial charge in [0.15, 0.2) is 0 Å². The molecule has 2 N–H and O–H groups in total. The summed E-state index contributed by atoms with van der Waals surface area (Å²) < 4.78 is 5.17. The molecule has 14 heavy (non-hydrogen) atoms. The summed E-state index contributed by atoms with van der Waals surface area (Å²) in [4.78, 5) is 11.7. The second kappa shape index (κ2) is 4.28. The van der Waals surface area contributed by atoms with E-state index in [2.05, 4.69) is 5.32 Å². The van der Waals surface area contributed by atoms with Crippen LogP contribution in [0.15, 0.2) is 0 Å². The number of ether oxygens (including phenoxy) is 1. The van der Waals surface area contributed by atoms with E-state index in [-0.39, 0.29) is 18.1 Å². The molecule has 0 bridgehead atoms. The molecule has 0 heterocycles. The van der Waals surface area contributed by atoms with Gasteiger partial charge in [0.05, 0.1) is 6.10 Å². The Morgan fingerprint density at radius 3 is 2.57 bits per heavy atom. The van der Waals surface area contributed by atoms with E-state index >= 15 is 0 Å². The first-order valence-corrected chi connectivity index (χ1v) is 5.06. The molecule has 1 unspecified atom stereocenters. The van der Waals surface area contributed by atoms with E-state index in [0.29, 0.717) is 19.3 Å². The largest absolute Gasteiger partial charge is 0.393 e. The molecule has 0 saturated heterocycles. The summed E-state index contributed by atoms with van der Waals surface area (Å²) in [6.07, 6.45) is 1.73. The smallest absolute Gasteiger partial charge is 0.252 e. The molecule has 1 aliphatic rings. The SMILES string of the molecule is CCC(C)(OC)C(=O)NC1CC(O)C1. The number of hydrogen-bond acceptors (Lipinski definition) is 3. The van der Waals surface area contributed by atoms with Crippen LogP contribution in [-0.2, 0) is 9.53 Å². The average Bonchev–Trinajstić information content (AvgIpc) is 2.14. The number of aliphatic hydroxyl groups is 1. The second-order valence-corrected chi connectivity index (χ2v) is 4.08. The predicted molar refractivity (Wildman–Crippen MR) is 52.9 cm³/mol. The lowest BCUT2D eigenvalue weighted by atomic mass is 9.88. The highest BCUT2D eigenvalue weighted by Crippen LogP contribution is 2.21. The third-order valence-electron chi connectivity index (χ3n) is 3.05. The van der Waals surface area contributed by atoms with Gasteiger partial charge < -0.3 is 15.2 Å². The van der Waals surface area contributed by atoms with Crippen LogP contribution in [0.2, 0.25) is 0 Å². The summed E-state index contributed by atoms with van der Waals surface area (Å²) in [5, 5.41) is 11.9. The Morgan fingerprint density at radius 2 is 2.21 bits per heavy atom. The second-order valence-electron chi connectivity index (χ2n) is 4.08. The van der Waals surface area contributed by atoms with Gasteiger partial charge in [-0.3, -0.25) is 4.79 Å². The molecule has 0 aromatic heterocycles. The molecule has 1 fully saturated rings. The third-order valence-corrected chi connectivity index (χ3v) is 3.05. The minimum atomic E-state index is -0.736. The number of carbonyl (C=O) groups is 1. The maximum Gasteiger partial charge on any atom is 0.252 e. The first-order valence-electron chi connectivity index (χ1n) is 5.06. The molecule has 0 aromatic rings. The van der Waals surface area contributed by atoms with Crippen molar-refractivity contribution in [1.82, 2.24) is 5.32 Å². The van der Waals surface area contributed by atoms with E-state index in [1.165, 1.54) is 0 Å². The summed E-state index contributed by atoms with van der Waals surface area (Å²) in [6, 6.07) is 0.124. The van der Waals surface area contributed by atoms with Crippen LogP contribution in [0.5, 0.6) is 0 Å². The number of methoxy groups -OCH3 is 1. The summed E-state index contributed by atoms with van der Waals surface area (Å²) in [5.41, 5.74) is -0.736. The lowest BCUT2D eigenvalue weighted by Crippen LogP contribution is -2.54. The van der Waals surface area contributed by atoms with Crippen LogP contribution in [0.1, 0.15) is 33.1 Å². The molecular formula is C10H19NO3. The quantitative estimate of drug-likeness (QED) is 0.694. The van der Waals surface area contributed by atoms with Crippen molar-refractivity contribution < 1.29 is 14.6 Å². The normalized spacial score (nSPS) is 30.3. The minimum Gasteiger partial charge on any atom is -0.393 e. The molecule has 1 amide bonds. The highest BCUT2D eigenvalue weighted by Gasteiger charge is 2.35. The van der Waals surface area contributed by atoms with Crippen LogP contribution >= 0.6 is 0 Å². The zero-order valence-electron chi connectivity index (χ0n) is 9.04. The van der Waals surface area contributed by atoms with Crippen molar-refractivity contribution >= 4 is 5.91 Å². The van der Waals surface area contributed by atoms with Crippen LogP contribution in [0.3, 0.4) is 0 Å². The topological polar surface area (TPSA) is 58.6 Å². The summed E-state index contributed by atoms with van der Waals surface area (Å²) in [6.45, 7) is 3.69. The van der Waals surface area contributed by atoms with Crippen LogP contribution in [0.4, 0.5) is 0 Å². The number of carbonyl (C=O) groups excluding carboxylic acids is 1. The number of nitrogens with one attached hydrogen (secondary N) is 1. The molecule has 4 heteroatoms. The van der Waals surface area contributed by atoms with Gasteiger partial charge in [-0.25, -0.2) is 0 Å².